The second kappa shape index (κ2) is 4.10. The van der Waals surface area contributed by atoms with Gasteiger partial charge >= 0.3 is 0 Å². The van der Waals surface area contributed by atoms with Crippen LogP contribution in [0.25, 0.3) is 0 Å². The third kappa shape index (κ3) is 4.71. The summed E-state index contributed by atoms with van der Waals surface area (Å²) in [6.07, 6.45) is 1.73. The number of hydrogen-bond donors (Lipinski definition) is 0. The Kier molecular flexibility index (Phi) is 4.20. The molecule has 0 aliphatic carbocycles. The molecule has 2 nitrogen and oxygen atoms in total. The fraction of sp³-hybridized carbons (Fsp3) is 0.600. The van der Waals surface area contributed by atoms with E-state index in [1.54, 1.807) is 6.92 Å². The number of rotatable bonds is 4. The average Bonchev–Trinajstić information content (AvgIpc) is 1.64. The van der Waals surface area contributed by atoms with Crippen molar-refractivity contribution in [2.45, 2.75) is 6.92 Å². The third-order valence-corrected chi connectivity index (χ3v) is 2.71. The van der Waals surface area contributed by atoms with Crippen LogP contribution in [0.15, 0.2) is 12.7 Å². The van der Waals surface area contributed by atoms with Crippen LogP contribution in [0.2, 0.25) is 0 Å². The minimum Gasteiger partial charge on any atom is -0.318 e. The molecule has 0 aliphatic heterocycles. The Morgan fingerprint density at radius 1 is 1.89 bits per heavy atom. The van der Waals surface area contributed by atoms with Crippen LogP contribution >= 0.6 is 18.0 Å². The molecule has 9 heavy (non-hydrogen) atoms. The first-order valence-electron chi connectivity index (χ1n) is 2.66. The highest BCUT2D eigenvalue weighted by Crippen LogP contribution is 2.51. The van der Waals surface area contributed by atoms with Crippen molar-refractivity contribution in [1.29, 1.82) is 0 Å². The summed E-state index contributed by atoms with van der Waals surface area (Å²) in [4.78, 5) is 0. The van der Waals surface area contributed by atoms with E-state index in [2.05, 4.69) is 6.58 Å². The van der Waals surface area contributed by atoms with Gasteiger partial charge in [-0.05, 0) is 18.2 Å². The summed E-state index contributed by atoms with van der Waals surface area (Å²) in [7, 11) is 0. The molecule has 1 unspecified atom stereocenters. The zero-order chi connectivity index (χ0) is 7.33. The first-order chi connectivity index (χ1) is 4.12. The summed E-state index contributed by atoms with van der Waals surface area (Å²) in [6.45, 7) is 2.68. The Balaban J connectivity index is 3.71. The van der Waals surface area contributed by atoms with Gasteiger partial charge in [-0.15, -0.1) is 6.58 Å². The molecule has 0 spiro atoms. The van der Waals surface area contributed by atoms with E-state index in [9.17, 15) is 4.57 Å². The van der Waals surface area contributed by atoms with Crippen molar-refractivity contribution in [3.63, 3.8) is 0 Å². The molecular weight excluding hydrogens is 158 g/mol. The van der Waals surface area contributed by atoms with Crippen LogP contribution in [0.5, 0.6) is 0 Å². The van der Waals surface area contributed by atoms with E-state index in [4.69, 9.17) is 15.8 Å². The average molecular weight is 169 g/mol. The molecule has 0 aliphatic rings. The van der Waals surface area contributed by atoms with Crippen LogP contribution in [0.3, 0.4) is 0 Å². The molecule has 0 amide bonds. The predicted molar refractivity (Wildman–Crippen MR) is 40.1 cm³/mol. The summed E-state index contributed by atoms with van der Waals surface area (Å²) >= 11 is 5.40. The van der Waals surface area contributed by atoms with Gasteiger partial charge in [-0.2, -0.15) is 0 Å². The normalized spacial score (nSPS) is 16.7. The van der Waals surface area contributed by atoms with Gasteiger partial charge in [-0.1, -0.05) is 6.08 Å². The molecule has 0 saturated carbocycles. The molecular formula is C5H10ClO2P. The third-order valence-electron chi connectivity index (χ3n) is 0.669. The smallest absolute Gasteiger partial charge is 0.293 e. The minimum atomic E-state index is -2.84. The van der Waals surface area contributed by atoms with Crippen LogP contribution in [-0.2, 0) is 9.09 Å². The van der Waals surface area contributed by atoms with E-state index >= 15 is 0 Å². The van der Waals surface area contributed by atoms with Gasteiger partial charge in [0.1, 0.15) is 0 Å². The summed E-state index contributed by atoms with van der Waals surface area (Å²) in [5, 5.41) is 0. The van der Waals surface area contributed by atoms with Crippen molar-refractivity contribution in [1.82, 2.24) is 0 Å². The topological polar surface area (TPSA) is 26.3 Å². The molecule has 0 N–H and O–H groups in total. The van der Waals surface area contributed by atoms with Crippen molar-refractivity contribution in [2.75, 3.05) is 12.8 Å². The molecule has 0 heterocycles. The summed E-state index contributed by atoms with van der Waals surface area (Å²) < 4.78 is 15.6. The van der Waals surface area contributed by atoms with Crippen LogP contribution < -0.4 is 0 Å². The summed E-state index contributed by atoms with van der Waals surface area (Å²) in [5.74, 6) is 0. The zero-order valence-electron chi connectivity index (χ0n) is 5.34. The van der Waals surface area contributed by atoms with Crippen LogP contribution in [0, 0.1) is 0 Å². The van der Waals surface area contributed by atoms with Gasteiger partial charge in [0, 0.05) is 0 Å². The largest absolute Gasteiger partial charge is 0.318 e. The van der Waals surface area contributed by atoms with E-state index in [0.29, 0.717) is 6.61 Å². The quantitative estimate of drug-likeness (QED) is 0.477. The van der Waals surface area contributed by atoms with Crippen LogP contribution in [-0.4, -0.2) is 12.8 Å². The molecule has 54 valence electrons. The molecule has 0 aromatic rings. The lowest BCUT2D eigenvalue weighted by atomic mass is 10.8. The lowest BCUT2D eigenvalue weighted by Crippen LogP contribution is -1.85. The Morgan fingerprint density at radius 3 is 2.78 bits per heavy atom. The van der Waals surface area contributed by atoms with Gasteiger partial charge in [0.15, 0.2) is 0 Å². The fourth-order valence-corrected chi connectivity index (χ4v) is 1.78. The SMILES string of the molecule is C=CCP(=O)(Cl)OCC. The van der Waals surface area contributed by atoms with Gasteiger partial charge in [-0.25, -0.2) is 0 Å². The van der Waals surface area contributed by atoms with Crippen molar-refractivity contribution >= 4 is 18.0 Å². The predicted octanol–water partition coefficient (Wildman–Crippen LogP) is 2.64. The Labute approximate surface area is 60.1 Å². The highest BCUT2D eigenvalue weighted by atomic mass is 35.7. The molecule has 0 fully saturated rings. The van der Waals surface area contributed by atoms with E-state index < -0.39 is 6.72 Å². The van der Waals surface area contributed by atoms with Crippen LogP contribution in [0.1, 0.15) is 6.92 Å². The Bertz CT molecular complexity index is 135. The molecule has 0 bridgehead atoms. The zero-order valence-corrected chi connectivity index (χ0v) is 6.99. The van der Waals surface area contributed by atoms with E-state index in [0.717, 1.165) is 0 Å². The number of allylic oxidation sites excluding steroid dienone is 1. The second-order valence-electron chi connectivity index (χ2n) is 1.48. The van der Waals surface area contributed by atoms with Gasteiger partial charge in [0.25, 0.3) is 6.72 Å². The molecule has 0 saturated heterocycles. The van der Waals surface area contributed by atoms with Gasteiger partial charge in [0.2, 0.25) is 0 Å². The minimum absolute atomic E-state index is 0.238. The maximum Gasteiger partial charge on any atom is 0.293 e. The van der Waals surface area contributed by atoms with E-state index in [1.165, 1.54) is 6.08 Å². The first kappa shape index (κ1) is 9.22. The van der Waals surface area contributed by atoms with E-state index in [-0.39, 0.29) is 6.16 Å². The van der Waals surface area contributed by atoms with Crippen molar-refractivity contribution in [3.8, 4) is 0 Å². The summed E-state index contributed by atoms with van der Waals surface area (Å²) in [5.41, 5.74) is 0. The van der Waals surface area contributed by atoms with Gasteiger partial charge < -0.3 is 4.52 Å². The summed E-state index contributed by atoms with van der Waals surface area (Å²) in [6, 6.07) is 0. The van der Waals surface area contributed by atoms with E-state index in [1.807, 2.05) is 0 Å². The first-order valence-corrected chi connectivity index (χ1v) is 5.38. The fourth-order valence-electron chi connectivity index (χ4n) is 0.400. The lowest BCUT2D eigenvalue weighted by molar-refractivity contribution is 0.347. The van der Waals surface area contributed by atoms with Gasteiger partial charge in [-0.3, -0.25) is 4.57 Å². The monoisotopic (exact) mass is 168 g/mol. The molecule has 0 rings (SSSR count). The lowest BCUT2D eigenvalue weighted by Gasteiger charge is -2.05. The van der Waals surface area contributed by atoms with Crippen molar-refractivity contribution in [3.05, 3.63) is 12.7 Å². The van der Waals surface area contributed by atoms with Crippen LogP contribution in [0.4, 0.5) is 0 Å². The molecule has 4 heteroatoms. The molecule has 1 atom stereocenters. The second-order valence-corrected chi connectivity index (χ2v) is 4.83. The molecule has 0 aromatic carbocycles. The Morgan fingerprint density at radius 2 is 2.44 bits per heavy atom. The standard InChI is InChI=1S/C5H10ClO2P/c1-3-5-9(6,7)8-4-2/h3H,1,4-5H2,2H3. The Hall–Kier alpha value is 0.220. The molecule has 0 radical (unpaired) electrons. The van der Waals surface area contributed by atoms with Gasteiger partial charge in [0.05, 0.1) is 12.8 Å². The highest BCUT2D eigenvalue weighted by molar-refractivity contribution is 7.85. The highest BCUT2D eigenvalue weighted by Gasteiger charge is 2.14. The maximum atomic E-state index is 10.9. The number of hydrogen-bond acceptors (Lipinski definition) is 2. The molecule has 0 aromatic heterocycles. The van der Waals surface area contributed by atoms with Crippen molar-refractivity contribution in [2.24, 2.45) is 0 Å². The van der Waals surface area contributed by atoms with Crippen molar-refractivity contribution < 1.29 is 9.09 Å². The number of halogens is 1. The maximum absolute atomic E-state index is 10.9.